The molecular weight excluding hydrogens is 398 g/mol. The fraction of sp³-hybridized carbons (Fsp3) is 0.130. The lowest BCUT2D eigenvalue weighted by Crippen LogP contribution is -2.19. The molecule has 0 spiro atoms. The van der Waals surface area contributed by atoms with Gasteiger partial charge < -0.3 is 4.74 Å². The number of carbonyl (C=O) groups excluding carboxylic acids is 1. The van der Waals surface area contributed by atoms with E-state index < -0.39 is 11.5 Å². The van der Waals surface area contributed by atoms with Crippen molar-refractivity contribution in [2.24, 2.45) is 0 Å². The van der Waals surface area contributed by atoms with Crippen LogP contribution in [0.4, 0.5) is 0 Å². The Labute approximate surface area is 177 Å². The van der Waals surface area contributed by atoms with Crippen molar-refractivity contribution in [2.75, 3.05) is 7.11 Å². The fourth-order valence-electron chi connectivity index (χ4n) is 3.46. The molecule has 4 rings (SSSR count). The van der Waals surface area contributed by atoms with Crippen molar-refractivity contribution in [3.63, 3.8) is 0 Å². The summed E-state index contributed by atoms with van der Waals surface area (Å²) in [5.41, 5.74) is 4.16. The van der Waals surface area contributed by atoms with E-state index in [1.165, 1.54) is 7.11 Å². The van der Waals surface area contributed by atoms with Crippen LogP contribution >= 0.6 is 12.2 Å². The van der Waals surface area contributed by atoms with E-state index >= 15 is 0 Å². The van der Waals surface area contributed by atoms with Crippen molar-refractivity contribution < 1.29 is 9.53 Å². The lowest BCUT2D eigenvalue weighted by Gasteiger charge is -2.16. The molecule has 0 atom stereocenters. The summed E-state index contributed by atoms with van der Waals surface area (Å²) < 4.78 is 6.86. The fourth-order valence-corrected chi connectivity index (χ4v) is 3.74. The van der Waals surface area contributed by atoms with E-state index in [4.69, 9.17) is 21.9 Å². The van der Waals surface area contributed by atoms with E-state index in [9.17, 15) is 9.59 Å². The summed E-state index contributed by atoms with van der Waals surface area (Å²) in [6.07, 6.45) is 0. The average molecular weight is 417 g/mol. The summed E-state index contributed by atoms with van der Waals surface area (Å²) in [5.74, 6) is -0.616. The van der Waals surface area contributed by atoms with Gasteiger partial charge in [0.2, 0.25) is 0 Å². The van der Waals surface area contributed by atoms with Crippen LogP contribution in [0.1, 0.15) is 21.5 Å². The molecule has 7 heteroatoms. The highest BCUT2D eigenvalue weighted by Gasteiger charge is 2.21. The number of pyridine rings is 1. The van der Waals surface area contributed by atoms with Gasteiger partial charge in [-0.1, -0.05) is 42.5 Å². The SMILES string of the molecule is COC(=O)c1cc(-c2ccccc2)nc2c1c(=O)[nH]c(=S)n2-c1cccc(C)c1C. The van der Waals surface area contributed by atoms with E-state index in [1.54, 1.807) is 10.6 Å². The lowest BCUT2D eigenvalue weighted by molar-refractivity contribution is 0.0603. The third-order valence-electron chi connectivity index (χ3n) is 5.15. The molecule has 2 aromatic carbocycles. The van der Waals surface area contributed by atoms with Gasteiger partial charge in [-0.3, -0.25) is 14.3 Å². The highest BCUT2D eigenvalue weighted by molar-refractivity contribution is 7.71. The Morgan fingerprint density at radius 1 is 1.10 bits per heavy atom. The van der Waals surface area contributed by atoms with Gasteiger partial charge in [-0.15, -0.1) is 0 Å². The van der Waals surface area contributed by atoms with Gasteiger partial charge in [0, 0.05) is 5.56 Å². The molecule has 0 aliphatic carbocycles. The normalized spacial score (nSPS) is 10.9. The first-order chi connectivity index (χ1) is 14.4. The van der Waals surface area contributed by atoms with Gasteiger partial charge >= 0.3 is 5.97 Å². The molecule has 1 N–H and O–H groups in total. The van der Waals surface area contributed by atoms with Gasteiger partial charge in [-0.2, -0.15) is 0 Å². The second kappa shape index (κ2) is 7.68. The number of H-pyrrole nitrogens is 1. The number of carbonyl (C=O) groups is 1. The van der Waals surface area contributed by atoms with Crippen LogP contribution in [-0.4, -0.2) is 27.6 Å². The molecule has 4 aromatic rings. The molecule has 0 fully saturated rings. The van der Waals surface area contributed by atoms with Crippen LogP contribution in [0.3, 0.4) is 0 Å². The summed E-state index contributed by atoms with van der Waals surface area (Å²) in [4.78, 5) is 32.9. The second-order valence-corrected chi connectivity index (χ2v) is 7.31. The summed E-state index contributed by atoms with van der Waals surface area (Å²) >= 11 is 5.50. The molecule has 2 heterocycles. The third-order valence-corrected chi connectivity index (χ3v) is 5.44. The quantitative estimate of drug-likeness (QED) is 0.392. The number of aromatic amines is 1. The maximum absolute atomic E-state index is 12.8. The Kier molecular flexibility index (Phi) is 5.05. The predicted molar refractivity (Wildman–Crippen MR) is 119 cm³/mol. The van der Waals surface area contributed by atoms with Crippen LogP contribution in [0.15, 0.2) is 59.4 Å². The van der Waals surface area contributed by atoms with Gasteiger partial charge in [0.15, 0.2) is 10.4 Å². The Morgan fingerprint density at radius 2 is 1.83 bits per heavy atom. The third kappa shape index (κ3) is 3.23. The van der Waals surface area contributed by atoms with Crippen LogP contribution in [0.5, 0.6) is 0 Å². The molecule has 0 aliphatic rings. The molecule has 0 aliphatic heterocycles. The van der Waals surface area contributed by atoms with Gasteiger partial charge in [0.1, 0.15) is 0 Å². The maximum Gasteiger partial charge on any atom is 0.338 e. The smallest absolute Gasteiger partial charge is 0.338 e. The number of fused-ring (bicyclic) bond motifs is 1. The lowest BCUT2D eigenvalue weighted by atomic mass is 10.1. The summed E-state index contributed by atoms with van der Waals surface area (Å²) in [7, 11) is 1.28. The second-order valence-electron chi connectivity index (χ2n) is 6.92. The molecule has 150 valence electrons. The van der Waals surface area contributed by atoms with Crippen LogP contribution in [-0.2, 0) is 4.74 Å². The number of nitrogens with one attached hydrogen (secondary N) is 1. The number of aryl methyl sites for hydroxylation is 1. The van der Waals surface area contributed by atoms with E-state index in [2.05, 4.69) is 4.98 Å². The van der Waals surface area contributed by atoms with Gasteiger partial charge in [-0.05, 0) is 49.3 Å². The van der Waals surface area contributed by atoms with E-state index in [1.807, 2.05) is 62.4 Å². The van der Waals surface area contributed by atoms with Gasteiger partial charge in [0.25, 0.3) is 5.56 Å². The first kappa shape index (κ1) is 19.7. The van der Waals surface area contributed by atoms with Crippen LogP contribution in [0.25, 0.3) is 28.0 Å². The van der Waals surface area contributed by atoms with Crippen molar-refractivity contribution in [3.8, 4) is 16.9 Å². The average Bonchev–Trinajstić information content (AvgIpc) is 2.75. The standard InChI is InChI=1S/C23H19N3O3S/c1-13-8-7-11-18(14(13)2)26-20-19(21(27)25-23(26)30)16(22(28)29-3)12-17(24-20)15-9-5-4-6-10-15/h4-12H,1-3H3,(H,25,27,30). The monoisotopic (exact) mass is 417 g/mol. The molecular formula is C23H19N3O3S. The minimum absolute atomic E-state index is 0.135. The molecule has 0 amide bonds. The zero-order chi connectivity index (χ0) is 21.4. The van der Waals surface area contributed by atoms with E-state index in [0.29, 0.717) is 11.3 Å². The molecule has 0 radical (unpaired) electrons. The molecule has 0 saturated heterocycles. The Bertz CT molecular complexity index is 1410. The number of nitrogens with zero attached hydrogens (tertiary/aromatic N) is 2. The minimum Gasteiger partial charge on any atom is -0.465 e. The number of benzene rings is 2. The maximum atomic E-state index is 12.8. The van der Waals surface area contributed by atoms with Gasteiger partial charge in [0.05, 0.1) is 29.4 Å². The summed E-state index contributed by atoms with van der Waals surface area (Å²) in [6.45, 7) is 3.98. The zero-order valence-electron chi connectivity index (χ0n) is 16.7. The minimum atomic E-state index is -0.616. The molecule has 0 saturated carbocycles. The zero-order valence-corrected chi connectivity index (χ0v) is 17.5. The highest BCUT2D eigenvalue weighted by atomic mass is 32.1. The van der Waals surface area contributed by atoms with Crippen molar-refractivity contribution in [1.82, 2.24) is 14.5 Å². The molecule has 30 heavy (non-hydrogen) atoms. The number of hydrogen-bond donors (Lipinski definition) is 1. The molecule has 0 bridgehead atoms. The molecule has 0 unspecified atom stereocenters. The number of methoxy groups -OCH3 is 1. The molecule has 6 nitrogen and oxygen atoms in total. The summed E-state index contributed by atoms with van der Waals surface area (Å²) in [5, 5.41) is 0.135. The Balaban J connectivity index is 2.21. The number of hydrogen-bond acceptors (Lipinski definition) is 5. The van der Waals surface area contributed by atoms with E-state index in [-0.39, 0.29) is 15.7 Å². The van der Waals surface area contributed by atoms with Crippen molar-refractivity contribution in [2.45, 2.75) is 13.8 Å². The predicted octanol–water partition coefficient (Wildman–Crippen LogP) is 4.51. The Morgan fingerprint density at radius 3 is 2.53 bits per heavy atom. The van der Waals surface area contributed by atoms with Crippen molar-refractivity contribution in [1.29, 1.82) is 0 Å². The topological polar surface area (TPSA) is 77.0 Å². The first-order valence-electron chi connectivity index (χ1n) is 9.32. The van der Waals surface area contributed by atoms with Crippen LogP contribution in [0.2, 0.25) is 0 Å². The number of ether oxygens (including phenoxy) is 1. The van der Waals surface area contributed by atoms with E-state index in [0.717, 1.165) is 22.4 Å². The van der Waals surface area contributed by atoms with Crippen molar-refractivity contribution >= 4 is 29.2 Å². The van der Waals surface area contributed by atoms with Crippen LogP contribution in [0, 0.1) is 18.6 Å². The largest absolute Gasteiger partial charge is 0.465 e. The number of esters is 1. The Hall–Kier alpha value is -3.58. The number of rotatable bonds is 3. The number of aromatic nitrogens is 3. The summed E-state index contributed by atoms with van der Waals surface area (Å²) in [6, 6.07) is 16.8. The van der Waals surface area contributed by atoms with Crippen LogP contribution < -0.4 is 5.56 Å². The first-order valence-corrected chi connectivity index (χ1v) is 9.73. The van der Waals surface area contributed by atoms with Crippen molar-refractivity contribution in [3.05, 3.63) is 86.4 Å². The van der Waals surface area contributed by atoms with Gasteiger partial charge in [-0.25, -0.2) is 9.78 Å². The highest BCUT2D eigenvalue weighted by Crippen LogP contribution is 2.27. The molecule has 2 aromatic heterocycles.